The molecule has 1 aliphatic heterocycles. The lowest BCUT2D eigenvalue weighted by atomic mass is 10.0. The zero-order valence-electron chi connectivity index (χ0n) is 13.2. The van der Waals surface area contributed by atoms with Crippen molar-refractivity contribution in [3.63, 3.8) is 0 Å². The lowest BCUT2D eigenvalue weighted by molar-refractivity contribution is -0.131. The van der Waals surface area contributed by atoms with Gasteiger partial charge in [0.25, 0.3) is 0 Å². The molecule has 3 aromatic rings. The maximum atomic E-state index is 12.5. The molecule has 1 amide bonds. The summed E-state index contributed by atoms with van der Waals surface area (Å²) in [6, 6.07) is 7.50. The third-order valence-corrected chi connectivity index (χ3v) is 4.61. The van der Waals surface area contributed by atoms with Crippen LogP contribution in [0.15, 0.2) is 29.1 Å². The quantitative estimate of drug-likeness (QED) is 0.654. The number of carbonyl (C=O) groups excluding carboxylic acids is 1. The van der Waals surface area contributed by atoms with E-state index < -0.39 is 5.69 Å². The number of nitrogens with one attached hydrogen (secondary N) is 3. The Morgan fingerprint density at radius 2 is 2.08 bits per heavy atom. The fraction of sp³-hybridized carbons (Fsp3) is 0.250. The first-order valence-electron chi connectivity index (χ1n) is 7.84. The Balaban J connectivity index is 1.58. The van der Waals surface area contributed by atoms with Crippen molar-refractivity contribution in [3.05, 3.63) is 56.9 Å². The summed E-state index contributed by atoms with van der Waals surface area (Å²) in [5, 5.41) is 14.1. The minimum Gasteiger partial charge on any atom is -0.337 e. The first-order valence-corrected chi connectivity index (χ1v) is 8.22. The van der Waals surface area contributed by atoms with Crippen molar-refractivity contribution >= 4 is 17.5 Å². The number of rotatable bonds is 3. The van der Waals surface area contributed by atoms with Gasteiger partial charge in [0, 0.05) is 36.3 Å². The third-order valence-electron chi connectivity index (χ3n) is 4.28. The zero-order chi connectivity index (χ0) is 17.4. The number of fused-ring (bicyclic) bond motifs is 1. The SMILES string of the molecule is O=C(Cc1n[nH]c(=O)[nH]1)N1CCc2[nH]nc(-c3ccccc3Cl)c2C1. The number of hydrogen-bond donors (Lipinski definition) is 3. The lowest BCUT2D eigenvalue weighted by Gasteiger charge is -2.27. The van der Waals surface area contributed by atoms with E-state index >= 15 is 0 Å². The monoisotopic (exact) mass is 358 g/mol. The molecule has 9 heteroatoms. The van der Waals surface area contributed by atoms with E-state index in [0.717, 1.165) is 22.5 Å². The number of nitrogens with zero attached hydrogens (tertiary/aromatic N) is 3. The van der Waals surface area contributed by atoms with Crippen LogP contribution in [0.4, 0.5) is 0 Å². The van der Waals surface area contributed by atoms with Gasteiger partial charge in [-0.2, -0.15) is 10.2 Å². The van der Waals surface area contributed by atoms with Crippen LogP contribution in [0.25, 0.3) is 11.3 Å². The Morgan fingerprint density at radius 1 is 1.24 bits per heavy atom. The van der Waals surface area contributed by atoms with E-state index in [9.17, 15) is 9.59 Å². The fourth-order valence-electron chi connectivity index (χ4n) is 3.03. The van der Waals surface area contributed by atoms with E-state index in [4.69, 9.17) is 11.6 Å². The first kappa shape index (κ1) is 15.6. The highest BCUT2D eigenvalue weighted by Gasteiger charge is 2.26. The molecule has 0 radical (unpaired) electrons. The second-order valence-corrected chi connectivity index (χ2v) is 6.28. The molecular formula is C16H15ClN6O2. The summed E-state index contributed by atoms with van der Waals surface area (Å²) in [4.78, 5) is 27.8. The lowest BCUT2D eigenvalue weighted by Crippen LogP contribution is -2.37. The summed E-state index contributed by atoms with van der Waals surface area (Å²) >= 11 is 6.29. The summed E-state index contributed by atoms with van der Waals surface area (Å²) in [5.41, 5.74) is 3.19. The number of carbonyl (C=O) groups is 1. The van der Waals surface area contributed by atoms with E-state index in [0.29, 0.717) is 30.4 Å². The Morgan fingerprint density at radius 3 is 2.84 bits per heavy atom. The molecule has 0 aliphatic carbocycles. The van der Waals surface area contributed by atoms with Gasteiger partial charge in [0.2, 0.25) is 5.91 Å². The Hall–Kier alpha value is -2.87. The maximum Gasteiger partial charge on any atom is 0.340 e. The van der Waals surface area contributed by atoms with Gasteiger partial charge in [0.15, 0.2) is 0 Å². The van der Waals surface area contributed by atoms with Crippen LogP contribution < -0.4 is 5.69 Å². The second kappa shape index (κ2) is 6.21. The van der Waals surface area contributed by atoms with Crippen LogP contribution in [-0.2, 0) is 24.2 Å². The number of aromatic amines is 3. The number of amides is 1. The highest BCUT2D eigenvalue weighted by atomic mass is 35.5. The van der Waals surface area contributed by atoms with Gasteiger partial charge >= 0.3 is 5.69 Å². The molecule has 0 unspecified atom stereocenters. The average molecular weight is 359 g/mol. The molecule has 25 heavy (non-hydrogen) atoms. The smallest absolute Gasteiger partial charge is 0.337 e. The van der Waals surface area contributed by atoms with Crippen LogP contribution in [0.1, 0.15) is 17.1 Å². The van der Waals surface area contributed by atoms with Gasteiger partial charge in [-0.05, 0) is 6.07 Å². The van der Waals surface area contributed by atoms with Crippen LogP contribution in [0, 0.1) is 0 Å². The Kier molecular flexibility index (Phi) is 3.89. The molecule has 3 N–H and O–H groups in total. The van der Waals surface area contributed by atoms with Crippen molar-refractivity contribution < 1.29 is 4.79 Å². The van der Waals surface area contributed by atoms with E-state index in [2.05, 4.69) is 25.4 Å². The zero-order valence-corrected chi connectivity index (χ0v) is 13.9. The molecule has 0 saturated heterocycles. The summed E-state index contributed by atoms with van der Waals surface area (Å²) in [6.45, 7) is 1.03. The summed E-state index contributed by atoms with van der Waals surface area (Å²) in [7, 11) is 0. The number of hydrogen-bond acceptors (Lipinski definition) is 4. The predicted octanol–water partition coefficient (Wildman–Crippen LogP) is 1.27. The molecule has 0 atom stereocenters. The molecule has 1 aliphatic rings. The molecule has 8 nitrogen and oxygen atoms in total. The Bertz CT molecular complexity index is 988. The fourth-order valence-corrected chi connectivity index (χ4v) is 3.25. The molecule has 0 bridgehead atoms. The summed E-state index contributed by atoms with van der Waals surface area (Å²) in [5.74, 6) is 0.235. The number of H-pyrrole nitrogens is 3. The molecule has 128 valence electrons. The minimum absolute atomic E-state index is 0.0490. The first-order chi connectivity index (χ1) is 12.1. The average Bonchev–Trinajstić information content (AvgIpc) is 3.21. The maximum absolute atomic E-state index is 12.5. The van der Waals surface area contributed by atoms with Crippen LogP contribution in [-0.4, -0.2) is 42.7 Å². The minimum atomic E-state index is -0.417. The van der Waals surface area contributed by atoms with Crippen molar-refractivity contribution in [3.8, 4) is 11.3 Å². The van der Waals surface area contributed by atoms with Crippen LogP contribution >= 0.6 is 11.6 Å². The van der Waals surface area contributed by atoms with Crippen LogP contribution in [0.5, 0.6) is 0 Å². The highest BCUT2D eigenvalue weighted by molar-refractivity contribution is 6.33. The van der Waals surface area contributed by atoms with Crippen molar-refractivity contribution in [1.82, 2.24) is 30.3 Å². The summed E-state index contributed by atoms with van der Waals surface area (Å²) in [6.07, 6.45) is 0.739. The molecule has 0 saturated carbocycles. The van der Waals surface area contributed by atoms with Crippen molar-refractivity contribution in [2.24, 2.45) is 0 Å². The second-order valence-electron chi connectivity index (χ2n) is 5.88. The van der Waals surface area contributed by atoms with Crippen molar-refractivity contribution in [1.29, 1.82) is 0 Å². The van der Waals surface area contributed by atoms with Gasteiger partial charge in [0.05, 0.1) is 17.1 Å². The molecular weight excluding hydrogens is 344 g/mol. The molecule has 0 fully saturated rings. The van der Waals surface area contributed by atoms with Gasteiger partial charge in [-0.15, -0.1) is 0 Å². The largest absolute Gasteiger partial charge is 0.340 e. The number of aromatic nitrogens is 5. The molecule has 0 spiro atoms. The molecule has 3 heterocycles. The van der Waals surface area contributed by atoms with Crippen LogP contribution in [0.2, 0.25) is 5.02 Å². The molecule has 1 aromatic carbocycles. The highest BCUT2D eigenvalue weighted by Crippen LogP contribution is 2.32. The van der Waals surface area contributed by atoms with Crippen molar-refractivity contribution in [2.45, 2.75) is 19.4 Å². The Labute approximate surface area is 147 Å². The van der Waals surface area contributed by atoms with Gasteiger partial charge in [0.1, 0.15) is 5.82 Å². The number of benzene rings is 1. The van der Waals surface area contributed by atoms with E-state index in [1.165, 1.54) is 0 Å². The standard InChI is InChI=1S/C16H15ClN6O2/c17-11-4-2-1-3-9(11)15-10-8-23(6-5-12(10)19-21-15)14(24)7-13-18-16(25)22-20-13/h1-4H,5-8H2,(H,19,21)(H2,18,20,22,25). The van der Waals surface area contributed by atoms with Crippen molar-refractivity contribution in [2.75, 3.05) is 6.54 Å². The van der Waals surface area contributed by atoms with E-state index in [1.807, 2.05) is 24.3 Å². The predicted molar refractivity (Wildman–Crippen MR) is 91.1 cm³/mol. The molecule has 2 aromatic heterocycles. The van der Waals surface area contributed by atoms with Gasteiger partial charge < -0.3 is 4.90 Å². The van der Waals surface area contributed by atoms with Gasteiger partial charge in [-0.25, -0.2) is 9.89 Å². The van der Waals surface area contributed by atoms with E-state index in [1.54, 1.807) is 4.90 Å². The summed E-state index contributed by atoms with van der Waals surface area (Å²) < 4.78 is 0. The van der Waals surface area contributed by atoms with E-state index in [-0.39, 0.29) is 12.3 Å². The van der Waals surface area contributed by atoms with Gasteiger partial charge in [-0.1, -0.05) is 29.8 Å². The number of halogens is 1. The van der Waals surface area contributed by atoms with Crippen LogP contribution in [0.3, 0.4) is 0 Å². The molecule has 4 rings (SSSR count). The normalized spacial score (nSPS) is 13.7. The third kappa shape index (κ3) is 2.96. The topological polar surface area (TPSA) is 111 Å². The van der Waals surface area contributed by atoms with Gasteiger partial charge in [-0.3, -0.25) is 14.9 Å².